The predicted molar refractivity (Wildman–Crippen MR) is 72.8 cm³/mol. The molecule has 0 bridgehead atoms. The van der Waals surface area contributed by atoms with E-state index in [0.717, 1.165) is 45.4 Å². The van der Waals surface area contributed by atoms with Crippen molar-refractivity contribution in [3.8, 4) is 0 Å². The quantitative estimate of drug-likeness (QED) is 0.806. The minimum atomic E-state index is 0.146. The minimum absolute atomic E-state index is 0.146. The first-order valence-corrected chi connectivity index (χ1v) is 7.50. The lowest BCUT2D eigenvalue weighted by Crippen LogP contribution is -2.42. The first-order chi connectivity index (χ1) is 9.29. The second kappa shape index (κ2) is 7.82. The van der Waals surface area contributed by atoms with Crippen LogP contribution in [-0.2, 0) is 14.3 Å². The first kappa shape index (κ1) is 14.8. The molecular formula is C14H26N2O3. The number of rotatable bonds is 5. The van der Waals surface area contributed by atoms with Gasteiger partial charge in [0, 0.05) is 26.2 Å². The van der Waals surface area contributed by atoms with Gasteiger partial charge in [0.2, 0.25) is 5.91 Å². The summed E-state index contributed by atoms with van der Waals surface area (Å²) >= 11 is 0. The number of likely N-dealkylation sites (tertiary alicyclic amines) is 1. The molecule has 0 aromatic heterocycles. The summed E-state index contributed by atoms with van der Waals surface area (Å²) < 4.78 is 11.3. The molecule has 5 nitrogen and oxygen atoms in total. The summed E-state index contributed by atoms with van der Waals surface area (Å²) in [6.07, 6.45) is 6.18. The van der Waals surface area contributed by atoms with E-state index in [-0.39, 0.29) is 18.1 Å². The number of nitrogens with two attached hydrogens (primary N) is 1. The summed E-state index contributed by atoms with van der Waals surface area (Å²) in [5, 5.41) is 0. The van der Waals surface area contributed by atoms with Crippen molar-refractivity contribution in [1.29, 1.82) is 0 Å². The molecule has 0 radical (unpaired) electrons. The van der Waals surface area contributed by atoms with Crippen molar-refractivity contribution < 1.29 is 14.3 Å². The van der Waals surface area contributed by atoms with Gasteiger partial charge < -0.3 is 20.1 Å². The maximum absolute atomic E-state index is 12.2. The molecule has 0 spiro atoms. The average Bonchev–Trinajstić information content (AvgIpc) is 2.46. The van der Waals surface area contributed by atoms with Gasteiger partial charge in [0.1, 0.15) is 0 Å². The fraction of sp³-hybridized carbons (Fsp3) is 0.929. The zero-order valence-electron chi connectivity index (χ0n) is 11.7. The average molecular weight is 270 g/mol. The smallest absolute Gasteiger partial charge is 0.225 e. The van der Waals surface area contributed by atoms with Gasteiger partial charge in [-0.25, -0.2) is 0 Å². The molecule has 5 heteroatoms. The SMILES string of the molecule is NCCOC1CCN(C(=O)CC2CCCCO2)CC1. The van der Waals surface area contributed by atoms with E-state index >= 15 is 0 Å². The highest BCUT2D eigenvalue weighted by Crippen LogP contribution is 2.19. The second-order valence-electron chi connectivity index (χ2n) is 5.43. The third kappa shape index (κ3) is 4.75. The summed E-state index contributed by atoms with van der Waals surface area (Å²) in [6.45, 7) is 3.61. The summed E-state index contributed by atoms with van der Waals surface area (Å²) in [5.41, 5.74) is 5.42. The standard InChI is InChI=1S/C14H26N2O3/c15-6-10-19-12-4-7-16(8-5-12)14(17)11-13-3-1-2-9-18-13/h12-13H,1-11,15H2. The van der Waals surface area contributed by atoms with E-state index in [0.29, 0.717) is 19.6 Å². The van der Waals surface area contributed by atoms with Crippen LogP contribution in [0.25, 0.3) is 0 Å². The van der Waals surface area contributed by atoms with E-state index < -0.39 is 0 Å². The second-order valence-corrected chi connectivity index (χ2v) is 5.43. The van der Waals surface area contributed by atoms with Crippen LogP contribution in [0.3, 0.4) is 0 Å². The van der Waals surface area contributed by atoms with Crippen LogP contribution in [0.2, 0.25) is 0 Å². The van der Waals surface area contributed by atoms with Gasteiger partial charge in [0.05, 0.1) is 25.2 Å². The van der Waals surface area contributed by atoms with Crippen molar-refractivity contribution in [2.75, 3.05) is 32.8 Å². The number of carbonyl (C=O) groups is 1. The van der Waals surface area contributed by atoms with Crippen LogP contribution in [0.4, 0.5) is 0 Å². The molecule has 2 rings (SSSR count). The van der Waals surface area contributed by atoms with Crippen molar-refractivity contribution in [1.82, 2.24) is 4.90 Å². The molecule has 2 N–H and O–H groups in total. The van der Waals surface area contributed by atoms with Gasteiger partial charge in [-0.15, -0.1) is 0 Å². The van der Waals surface area contributed by atoms with Crippen molar-refractivity contribution in [3.63, 3.8) is 0 Å². The van der Waals surface area contributed by atoms with Gasteiger partial charge in [0.15, 0.2) is 0 Å². The van der Waals surface area contributed by atoms with Gasteiger partial charge in [-0.05, 0) is 32.1 Å². The van der Waals surface area contributed by atoms with Gasteiger partial charge in [-0.3, -0.25) is 4.79 Å². The zero-order valence-corrected chi connectivity index (χ0v) is 11.7. The summed E-state index contributed by atoms with van der Waals surface area (Å²) in [7, 11) is 0. The van der Waals surface area contributed by atoms with Crippen LogP contribution >= 0.6 is 0 Å². The molecule has 0 saturated carbocycles. The molecule has 1 amide bonds. The summed E-state index contributed by atoms with van der Waals surface area (Å²) in [4.78, 5) is 14.1. The Morgan fingerprint density at radius 1 is 1.26 bits per heavy atom. The van der Waals surface area contributed by atoms with Gasteiger partial charge in [0.25, 0.3) is 0 Å². The van der Waals surface area contributed by atoms with Crippen molar-refractivity contribution in [2.45, 2.75) is 50.7 Å². The molecule has 110 valence electrons. The zero-order chi connectivity index (χ0) is 13.5. The van der Waals surface area contributed by atoms with Crippen molar-refractivity contribution in [3.05, 3.63) is 0 Å². The molecular weight excluding hydrogens is 244 g/mol. The van der Waals surface area contributed by atoms with E-state index in [1.165, 1.54) is 6.42 Å². The molecule has 2 aliphatic heterocycles. The Balaban J connectivity index is 1.67. The molecule has 1 atom stereocenters. The summed E-state index contributed by atoms with van der Waals surface area (Å²) in [6, 6.07) is 0. The van der Waals surface area contributed by atoms with Crippen LogP contribution in [0.1, 0.15) is 38.5 Å². The molecule has 2 saturated heterocycles. The Bertz CT molecular complexity index is 272. The molecule has 2 heterocycles. The van der Waals surface area contributed by atoms with Gasteiger partial charge in [-0.1, -0.05) is 0 Å². The number of nitrogens with zero attached hydrogens (tertiary/aromatic N) is 1. The van der Waals surface area contributed by atoms with Gasteiger partial charge in [-0.2, -0.15) is 0 Å². The molecule has 2 aliphatic rings. The molecule has 0 aromatic rings. The van der Waals surface area contributed by atoms with E-state index in [1.807, 2.05) is 4.90 Å². The van der Waals surface area contributed by atoms with Gasteiger partial charge >= 0.3 is 0 Å². The lowest BCUT2D eigenvalue weighted by atomic mass is 10.0. The Kier molecular flexibility index (Phi) is 6.07. The highest BCUT2D eigenvalue weighted by Gasteiger charge is 2.25. The van der Waals surface area contributed by atoms with E-state index in [4.69, 9.17) is 15.2 Å². The molecule has 1 unspecified atom stereocenters. The Labute approximate surface area is 115 Å². The number of ether oxygens (including phenoxy) is 2. The third-order valence-electron chi connectivity index (χ3n) is 3.94. The maximum atomic E-state index is 12.2. The monoisotopic (exact) mass is 270 g/mol. The van der Waals surface area contributed by atoms with E-state index in [2.05, 4.69) is 0 Å². The first-order valence-electron chi connectivity index (χ1n) is 7.50. The van der Waals surface area contributed by atoms with Crippen LogP contribution in [0.15, 0.2) is 0 Å². The van der Waals surface area contributed by atoms with Crippen molar-refractivity contribution in [2.24, 2.45) is 5.73 Å². The van der Waals surface area contributed by atoms with Crippen LogP contribution in [0, 0.1) is 0 Å². The third-order valence-corrected chi connectivity index (χ3v) is 3.94. The molecule has 19 heavy (non-hydrogen) atoms. The van der Waals surface area contributed by atoms with Crippen LogP contribution < -0.4 is 5.73 Å². The largest absolute Gasteiger partial charge is 0.378 e. The lowest BCUT2D eigenvalue weighted by molar-refractivity contribution is -0.137. The molecule has 2 fully saturated rings. The molecule has 0 aliphatic carbocycles. The van der Waals surface area contributed by atoms with E-state index in [1.54, 1.807) is 0 Å². The number of hydrogen-bond acceptors (Lipinski definition) is 4. The minimum Gasteiger partial charge on any atom is -0.378 e. The fourth-order valence-electron chi connectivity index (χ4n) is 2.80. The number of hydrogen-bond donors (Lipinski definition) is 1. The molecule has 0 aromatic carbocycles. The highest BCUT2D eigenvalue weighted by atomic mass is 16.5. The normalized spacial score (nSPS) is 25.5. The van der Waals surface area contributed by atoms with Crippen LogP contribution in [0.5, 0.6) is 0 Å². The number of amides is 1. The predicted octanol–water partition coefficient (Wildman–Crippen LogP) is 0.912. The topological polar surface area (TPSA) is 64.8 Å². The number of carbonyl (C=O) groups excluding carboxylic acids is 1. The fourth-order valence-corrected chi connectivity index (χ4v) is 2.80. The Morgan fingerprint density at radius 3 is 2.68 bits per heavy atom. The van der Waals surface area contributed by atoms with Crippen molar-refractivity contribution >= 4 is 5.91 Å². The van der Waals surface area contributed by atoms with E-state index in [9.17, 15) is 4.79 Å². The Morgan fingerprint density at radius 2 is 2.05 bits per heavy atom. The van der Waals surface area contributed by atoms with Crippen LogP contribution in [-0.4, -0.2) is 55.9 Å². The maximum Gasteiger partial charge on any atom is 0.225 e. The Hall–Kier alpha value is -0.650. The number of piperidine rings is 1. The summed E-state index contributed by atoms with van der Waals surface area (Å²) in [5.74, 6) is 0.240. The highest BCUT2D eigenvalue weighted by molar-refractivity contribution is 5.76. The lowest BCUT2D eigenvalue weighted by Gasteiger charge is -2.33.